The molecule has 2 heteroatoms. The number of ether oxygens (including phenoxy) is 1. The Morgan fingerprint density at radius 1 is 1.05 bits per heavy atom. The molecule has 1 aliphatic rings. The Labute approximate surface area is 120 Å². The van der Waals surface area contributed by atoms with Crippen molar-refractivity contribution in [2.75, 3.05) is 18.5 Å². The Kier molecular flexibility index (Phi) is 4.03. The highest BCUT2D eigenvalue weighted by atomic mass is 16.5. The van der Waals surface area contributed by atoms with E-state index in [4.69, 9.17) is 4.74 Å². The van der Waals surface area contributed by atoms with E-state index in [-0.39, 0.29) is 0 Å². The molecule has 104 valence electrons. The van der Waals surface area contributed by atoms with Crippen LogP contribution < -0.4 is 5.32 Å². The van der Waals surface area contributed by atoms with Gasteiger partial charge in [-0.25, -0.2) is 0 Å². The average molecular weight is 267 g/mol. The van der Waals surface area contributed by atoms with Crippen molar-refractivity contribution in [1.82, 2.24) is 0 Å². The number of para-hydroxylation sites is 1. The van der Waals surface area contributed by atoms with Gasteiger partial charge in [0.05, 0.1) is 6.61 Å². The molecule has 0 aliphatic carbocycles. The first-order valence-electron chi connectivity index (χ1n) is 7.33. The zero-order chi connectivity index (χ0) is 13.8. The molecule has 0 saturated carbocycles. The summed E-state index contributed by atoms with van der Waals surface area (Å²) in [5, 5.41) is 3.67. The normalized spacial score (nSPS) is 19.8. The molecule has 2 aromatic rings. The molecule has 0 aromatic heterocycles. The van der Waals surface area contributed by atoms with Gasteiger partial charge in [0.25, 0.3) is 0 Å². The topological polar surface area (TPSA) is 21.3 Å². The van der Waals surface area contributed by atoms with Gasteiger partial charge in [0.1, 0.15) is 0 Å². The van der Waals surface area contributed by atoms with Crippen LogP contribution in [0.1, 0.15) is 13.3 Å². The van der Waals surface area contributed by atoms with E-state index in [0.29, 0.717) is 12.0 Å². The van der Waals surface area contributed by atoms with Crippen LogP contribution in [0, 0.1) is 5.92 Å². The fraction of sp³-hybridized carbons (Fsp3) is 0.333. The highest BCUT2D eigenvalue weighted by Gasteiger charge is 2.22. The predicted molar refractivity (Wildman–Crippen MR) is 83.9 cm³/mol. The largest absolute Gasteiger partial charge is 0.382 e. The van der Waals surface area contributed by atoms with Gasteiger partial charge in [0.15, 0.2) is 0 Å². The monoisotopic (exact) mass is 267 g/mol. The first-order valence-corrected chi connectivity index (χ1v) is 7.33. The molecule has 1 heterocycles. The number of hydrogen-bond donors (Lipinski definition) is 1. The number of rotatable bonds is 4. The van der Waals surface area contributed by atoms with Crippen LogP contribution in [0.4, 0.5) is 5.69 Å². The van der Waals surface area contributed by atoms with Crippen LogP contribution in [0.2, 0.25) is 0 Å². The minimum absolute atomic E-state index is 0.433. The summed E-state index contributed by atoms with van der Waals surface area (Å²) in [5.41, 5.74) is 3.72. The summed E-state index contributed by atoms with van der Waals surface area (Å²) in [6.07, 6.45) is 1.15. The van der Waals surface area contributed by atoms with Gasteiger partial charge >= 0.3 is 0 Å². The highest BCUT2D eigenvalue weighted by Crippen LogP contribution is 2.29. The van der Waals surface area contributed by atoms with Gasteiger partial charge in [-0.15, -0.1) is 0 Å². The third kappa shape index (κ3) is 2.86. The molecule has 2 atom stereocenters. The summed E-state index contributed by atoms with van der Waals surface area (Å²) in [7, 11) is 0. The summed E-state index contributed by atoms with van der Waals surface area (Å²) in [4.78, 5) is 0. The molecular formula is C18H21NO. The Balaban J connectivity index is 1.83. The number of benzene rings is 2. The van der Waals surface area contributed by atoms with Crippen molar-refractivity contribution in [2.24, 2.45) is 5.92 Å². The number of anilines is 1. The molecule has 3 rings (SSSR count). The van der Waals surface area contributed by atoms with Gasteiger partial charge < -0.3 is 10.1 Å². The molecule has 2 unspecified atom stereocenters. The molecule has 1 saturated heterocycles. The molecule has 1 aliphatic heterocycles. The van der Waals surface area contributed by atoms with E-state index < -0.39 is 0 Å². The van der Waals surface area contributed by atoms with E-state index in [1.165, 1.54) is 16.8 Å². The van der Waals surface area contributed by atoms with Crippen molar-refractivity contribution >= 4 is 5.69 Å². The lowest BCUT2D eigenvalue weighted by Gasteiger charge is -2.22. The van der Waals surface area contributed by atoms with Crippen LogP contribution in [0.25, 0.3) is 11.1 Å². The molecule has 0 spiro atoms. The zero-order valence-electron chi connectivity index (χ0n) is 11.9. The van der Waals surface area contributed by atoms with Gasteiger partial charge in [0, 0.05) is 29.8 Å². The molecular weight excluding hydrogens is 246 g/mol. The number of nitrogens with one attached hydrogen (secondary N) is 1. The minimum atomic E-state index is 0.433. The summed E-state index contributed by atoms with van der Waals surface area (Å²) in [6, 6.07) is 19.5. The van der Waals surface area contributed by atoms with Crippen molar-refractivity contribution in [2.45, 2.75) is 19.4 Å². The molecule has 0 bridgehead atoms. The lowest BCUT2D eigenvalue weighted by molar-refractivity contribution is 0.183. The second kappa shape index (κ2) is 6.10. The fourth-order valence-corrected chi connectivity index (χ4v) is 2.79. The van der Waals surface area contributed by atoms with Crippen LogP contribution in [-0.4, -0.2) is 19.3 Å². The molecule has 0 amide bonds. The van der Waals surface area contributed by atoms with Crippen LogP contribution >= 0.6 is 0 Å². The van der Waals surface area contributed by atoms with Crippen molar-refractivity contribution in [1.29, 1.82) is 0 Å². The minimum Gasteiger partial charge on any atom is -0.382 e. The third-order valence-electron chi connectivity index (χ3n) is 4.07. The van der Waals surface area contributed by atoms with Gasteiger partial charge in [0.2, 0.25) is 0 Å². The molecule has 1 fully saturated rings. The van der Waals surface area contributed by atoms with Crippen molar-refractivity contribution in [3.63, 3.8) is 0 Å². The standard InChI is InChI=1S/C18H21NO/c1-14(16-11-12-20-13-16)19-18-10-6-5-9-17(18)15-7-3-2-4-8-15/h2-10,14,16,19H,11-13H2,1H3. The lowest BCUT2D eigenvalue weighted by atomic mass is 9.98. The van der Waals surface area contributed by atoms with E-state index in [1.54, 1.807) is 0 Å². The maximum absolute atomic E-state index is 5.49. The maximum atomic E-state index is 5.49. The predicted octanol–water partition coefficient (Wildman–Crippen LogP) is 4.19. The molecule has 2 aromatic carbocycles. The van der Waals surface area contributed by atoms with E-state index in [9.17, 15) is 0 Å². The first-order chi connectivity index (χ1) is 9.84. The molecule has 0 radical (unpaired) electrons. The van der Waals surface area contributed by atoms with Crippen LogP contribution in [0.3, 0.4) is 0 Å². The second-order valence-corrected chi connectivity index (χ2v) is 5.47. The SMILES string of the molecule is CC(Nc1ccccc1-c1ccccc1)C1CCOC1. The van der Waals surface area contributed by atoms with Crippen molar-refractivity contribution in [3.8, 4) is 11.1 Å². The summed E-state index contributed by atoms with van der Waals surface area (Å²) < 4.78 is 5.49. The van der Waals surface area contributed by atoms with Crippen LogP contribution in [-0.2, 0) is 4.74 Å². The molecule has 2 nitrogen and oxygen atoms in total. The first kappa shape index (κ1) is 13.2. The van der Waals surface area contributed by atoms with E-state index in [1.807, 2.05) is 0 Å². The van der Waals surface area contributed by atoms with Gasteiger partial charge in [-0.05, 0) is 25.0 Å². The fourth-order valence-electron chi connectivity index (χ4n) is 2.79. The maximum Gasteiger partial charge on any atom is 0.0514 e. The quantitative estimate of drug-likeness (QED) is 0.896. The van der Waals surface area contributed by atoms with E-state index >= 15 is 0 Å². The average Bonchev–Trinajstić information content (AvgIpc) is 3.03. The second-order valence-electron chi connectivity index (χ2n) is 5.47. The Bertz CT molecular complexity index is 546. The smallest absolute Gasteiger partial charge is 0.0514 e. The van der Waals surface area contributed by atoms with Gasteiger partial charge in [-0.2, -0.15) is 0 Å². The van der Waals surface area contributed by atoms with Crippen molar-refractivity contribution in [3.05, 3.63) is 54.6 Å². The summed E-state index contributed by atoms with van der Waals surface area (Å²) in [6.45, 7) is 4.03. The Morgan fingerprint density at radius 3 is 2.55 bits per heavy atom. The van der Waals surface area contributed by atoms with Crippen LogP contribution in [0.15, 0.2) is 54.6 Å². The summed E-state index contributed by atoms with van der Waals surface area (Å²) >= 11 is 0. The molecule has 20 heavy (non-hydrogen) atoms. The molecule has 1 N–H and O–H groups in total. The zero-order valence-corrected chi connectivity index (χ0v) is 11.9. The highest BCUT2D eigenvalue weighted by molar-refractivity contribution is 5.77. The van der Waals surface area contributed by atoms with Gasteiger partial charge in [-0.1, -0.05) is 48.5 Å². The van der Waals surface area contributed by atoms with Crippen molar-refractivity contribution < 1.29 is 4.74 Å². The van der Waals surface area contributed by atoms with Crippen LogP contribution in [0.5, 0.6) is 0 Å². The van der Waals surface area contributed by atoms with Gasteiger partial charge in [-0.3, -0.25) is 0 Å². The third-order valence-corrected chi connectivity index (χ3v) is 4.07. The lowest BCUT2D eigenvalue weighted by Crippen LogP contribution is -2.26. The van der Waals surface area contributed by atoms with E-state index in [0.717, 1.165) is 19.6 Å². The summed E-state index contributed by atoms with van der Waals surface area (Å²) in [5.74, 6) is 0.610. The van der Waals surface area contributed by atoms with E-state index in [2.05, 4.69) is 66.8 Å². The Morgan fingerprint density at radius 2 is 1.80 bits per heavy atom. The Hall–Kier alpha value is -1.80. The number of hydrogen-bond acceptors (Lipinski definition) is 2.